The van der Waals surface area contributed by atoms with Gasteiger partial charge in [0.1, 0.15) is 0 Å². The van der Waals surface area contributed by atoms with Gasteiger partial charge in [-0.25, -0.2) is 0 Å². The van der Waals surface area contributed by atoms with Crippen LogP contribution in [-0.2, 0) is 15.9 Å². The Morgan fingerprint density at radius 2 is 1.76 bits per heavy atom. The summed E-state index contributed by atoms with van der Waals surface area (Å²) in [6.07, 6.45) is -0.0967. The van der Waals surface area contributed by atoms with Crippen molar-refractivity contribution >= 4 is 5.69 Å². The summed E-state index contributed by atoms with van der Waals surface area (Å²) < 4.78 is 10.1. The third-order valence-corrected chi connectivity index (χ3v) is 2.80. The van der Waals surface area contributed by atoms with Crippen molar-refractivity contribution in [1.82, 2.24) is 0 Å². The second kappa shape index (κ2) is 5.75. The van der Waals surface area contributed by atoms with E-state index >= 15 is 0 Å². The molecule has 0 saturated carbocycles. The van der Waals surface area contributed by atoms with Gasteiger partial charge in [-0.15, -0.1) is 0 Å². The van der Waals surface area contributed by atoms with E-state index in [1.807, 2.05) is 19.9 Å². The van der Waals surface area contributed by atoms with E-state index in [2.05, 4.69) is 0 Å². The summed E-state index contributed by atoms with van der Waals surface area (Å²) in [6, 6.07) is 3.41. The maximum Gasteiger partial charge on any atom is 0.273 e. The normalized spacial score (nSPS) is 10.9. The topological polar surface area (TPSA) is 61.6 Å². The molecule has 0 amide bonds. The maximum atomic E-state index is 11.0. The molecule has 1 rings (SSSR count). The Morgan fingerprint density at radius 1 is 1.24 bits per heavy atom. The molecular formula is C12H17NO4. The summed E-state index contributed by atoms with van der Waals surface area (Å²) in [6.45, 7) is 3.79. The summed E-state index contributed by atoms with van der Waals surface area (Å²) in [5.74, 6) is 0. The molecule has 0 spiro atoms. The van der Waals surface area contributed by atoms with E-state index in [0.717, 1.165) is 11.1 Å². The summed E-state index contributed by atoms with van der Waals surface area (Å²) in [7, 11) is 3.03. The Hall–Kier alpha value is -1.46. The minimum absolute atomic E-state index is 0.118. The van der Waals surface area contributed by atoms with E-state index in [1.165, 1.54) is 14.2 Å². The van der Waals surface area contributed by atoms with Crippen molar-refractivity contribution in [3.63, 3.8) is 0 Å². The molecule has 1 aromatic rings. The van der Waals surface area contributed by atoms with Gasteiger partial charge in [-0.05, 0) is 31.0 Å². The molecule has 0 radical (unpaired) electrons. The molecule has 0 saturated heterocycles. The molecule has 1 aromatic carbocycles. The quantitative estimate of drug-likeness (QED) is 0.449. The van der Waals surface area contributed by atoms with E-state index < -0.39 is 6.29 Å². The number of rotatable bonds is 5. The molecule has 0 aliphatic heterocycles. The number of nitro benzene ring substituents is 1. The standard InChI is InChI=1S/C12H17NO4/c1-8-5-10(7-12(16-3)17-4)11(13(14)15)6-9(8)2/h5-6,12H,7H2,1-4H3. The largest absolute Gasteiger partial charge is 0.356 e. The van der Waals surface area contributed by atoms with Crippen molar-refractivity contribution in [3.8, 4) is 0 Å². The van der Waals surface area contributed by atoms with Crippen molar-refractivity contribution in [2.24, 2.45) is 0 Å². The highest BCUT2D eigenvalue weighted by Gasteiger charge is 2.18. The van der Waals surface area contributed by atoms with Gasteiger partial charge >= 0.3 is 0 Å². The number of nitrogens with zero attached hydrogens (tertiary/aromatic N) is 1. The van der Waals surface area contributed by atoms with Crippen LogP contribution in [0, 0.1) is 24.0 Å². The van der Waals surface area contributed by atoms with E-state index in [4.69, 9.17) is 9.47 Å². The third kappa shape index (κ3) is 3.25. The van der Waals surface area contributed by atoms with Crippen LogP contribution in [-0.4, -0.2) is 25.4 Å². The second-order valence-electron chi connectivity index (χ2n) is 3.93. The van der Waals surface area contributed by atoms with Gasteiger partial charge in [-0.3, -0.25) is 10.1 Å². The molecule has 0 heterocycles. The number of hydrogen-bond donors (Lipinski definition) is 0. The van der Waals surface area contributed by atoms with Crippen molar-refractivity contribution in [2.45, 2.75) is 26.6 Å². The first-order valence-corrected chi connectivity index (χ1v) is 5.29. The number of hydrogen-bond acceptors (Lipinski definition) is 4. The minimum atomic E-state index is -0.462. The van der Waals surface area contributed by atoms with Crippen LogP contribution in [0.1, 0.15) is 16.7 Å². The van der Waals surface area contributed by atoms with Gasteiger partial charge in [-0.2, -0.15) is 0 Å². The van der Waals surface area contributed by atoms with E-state index in [-0.39, 0.29) is 10.6 Å². The van der Waals surface area contributed by atoms with Crippen molar-refractivity contribution in [3.05, 3.63) is 38.9 Å². The molecule has 0 aliphatic rings. The molecule has 0 unspecified atom stereocenters. The molecule has 94 valence electrons. The lowest BCUT2D eigenvalue weighted by molar-refractivity contribution is -0.385. The molecule has 0 N–H and O–H groups in total. The first-order valence-electron chi connectivity index (χ1n) is 5.29. The Kier molecular flexibility index (Phi) is 4.60. The number of nitro groups is 1. The lowest BCUT2D eigenvalue weighted by Gasteiger charge is -2.14. The molecule has 5 heteroatoms. The van der Waals surface area contributed by atoms with Crippen LogP contribution >= 0.6 is 0 Å². The molecule has 0 atom stereocenters. The fourth-order valence-corrected chi connectivity index (χ4v) is 1.64. The highest BCUT2D eigenvalue weighted by molar-refractivity contribution is 5.46. The number of methoxy groups -OCH3 is 2. The molecule has 0 aliphatic carbocycles. The van der Waals surface area contributed by atoms with Crippen molar-refractivity contribution < 1.29 is 14.4 Å². The number of aryl methyl sites for hydroxylation is 2. The van der Waals surface area contributed by atoms with Crippen molar-refractivity contribution in [2.75, 3.05) is 14.2 Å². The average molecular weight is 239 g/mol. The summed E-state index contributed by atoms with van der Waals surface area (Å²) in [4.78, 5) is 10.6. The first-order chi connectivity index (χ1) is 7.99. The summed E-state index contributed by atoms with van der Waals surface area (Å²) >= 11 is 0. The number of ether oxygens (including phenoxy) is 2. The Labute approximate surface area is 101 Å². The fourth-order valence-electron chi connectivity index (χ4n) is 1.64. The summed E-state index contributed by atoms with van der Waals surface area (Å²) in [5.41, 5.74) is 2.68. The SMILES string of the molecule is COC(Cc1cc(C)c(C)cc1[N+](=O)[O-])OC. The average Bonchev–Trinajstić information content (AvgIpc) is 2.29. The Balaban J connectivity index is 3.12. The lowest BCUT2D eigenvalue weighted by atomic mass is 10.0. The van der Waals surface area contributed by atoms with Gasteiger partial charge in [0.2, 0.25) is 0 Å². The highest BCUT2D eigenvalue weighted by atomic mass is 16.7. The van der Waals surface area contributed by atoms with Crippen LogP contribution in [0.15, 0.2) is 12.1 Å². The van der Waals surface area contributed by atoms with Gasteiger partial charge < -0.3 is 9.47 Å². The Bertz CT molecular complexity index is 413. The predicted octanol–water partition coefficient (Wildman–Crippen LogP) is 2.37. The van der Waals surface area contributed by atoms with Crippen LogP contribution < -0.4 is 0 Å². The second-order valence-corrected chi connectivity index (χ2v) is 3.93. The zero-order chi connectivity index (χ0) is 13.0. The fraction of sp³-hybridized carbons (Fsp3) is 0.500. The molecule has 0 fully saturated rings. The molecule has 5 nitrogen and oxygen atoms in total. The van der Waals surface area contributed by atoms with E-state index in [1.54, 1.807) is 6.07 Å². The van der Waals surface area contributed by atoms with E-state index in [0.29, 0.717) is 12.0 Å². The van der Waals surface area contributed by atoms with E-state index in [9.17, 15) is 10.1 Å². The maximum absolute atomic E-state index is 11.0. The molecule has 17 heavy (non-hydrogen) atoms. The highest BCUT2D eigenvalue weighted by Crippen LogP contribution is 2.24. The lowest BCUT2D eigenvalue weighted by Crippen LogP contribution is -2.17. The van der Waals surface area contributed by atoms with Crippen LogP contribution in [0.4, 0.5) is 5.69 Å². The van der Waals surface area contributed by atoms with Gasteiger partial charge in [-0.1, -0.05) is 0 Å². The zero-order valence-electron chi connectivity index (χ0n) is 10.5. The van der Waals surface area contributed by atoms with Crippen LogP contribution in [0.25, 0.3) is 0 Å². The molecular weight excluding hydrogens is 222 g/mol. The smallest absolute Gasteiger partial charge is 0.273 e. The van der Waals surface area contributed by atoms with Gasteiger partial charge in [0.05, 0.1) is 4.92 Å². The van der Waals surface area contributed by atoms with Gasteiger partial charge in [0, 0.05) is 32.3 Å². The van der Waals surface area contributed by atoms with Gasteiger partial charge in [0.25, 0.3) is 5.69 Å². The first kappa shape index (κ1) is 13.6. The predicted molar refractivity (Wildman–Crippen MR) is 64.1 cm³/mol. The molecule has 0 bridgehead atoms. The van der Waals surface area contributed by atoms with Crippen molar-refractivity contribution in [1.29, 1.82) is 0 Å². The minimum Gasteiger partial charge on any atom is -0.356 e. The third-order valence-electron chi connectivity index (χ3n) is 2.80. The van der Waals surface area contributed by atoms with Crippen LogP contribution in [0.2, 0.25) is 0 Å². The van der Waals surface area contributed by atoms with Crippen LogP contribution in [0.3, 0.4) is 0 Å². The van der Waals surface area contributed by atoms with Gasteiger partial charge in [0.15, 0.2) is 6.29 Å². The van der Waals surface area contributed by atoms with Crippen LogP contribution in [0.5, 0.6) is 0 Å². The zero-order valence-corrected chi connectivity index (χ0v) is 10.5. The molecule has 0 aromatic heterocycles. The monoisotopic (exact) mass is 239 g/mol. The number of benzene rings is 1. The summed E-state index contributed by atoms with van der Waals surface area (Å²) in [5, 5.41) is 11.0. The Morgan fingerprint density at radius 3 is 2.24 bits per heavy atom.